The number of hydrogen-bond donors (Lipinski definition) is 0. The first-order valence-electron chi connectivity index (χ1n) is 7.48. The minimum absolute atomic E-state index is 0.0544. The average molecular weight is 335 g/mol. The Morgan fingerprint density at radius 3 is 2.32 bits per heavy atom. The number of carbonyl (C=O) groups is 2. The minimum atomic E-state index is -0.959. The van der Waals surface area contributed by atoms with Gasteiger partial charge in [-0.25, -0.2) is 0 Å². The molecule has 0 unspecified atom stereocenters. The zero-order chi connectivity index (χ0) is 18.0. The first-order valence-corrected chi connectivity index (χ1v) is 7.48. The van der Waals surface area contributed by atoms with E-state index < -0.39 is 10.8 Å². The number of Topliss-reactive ketones (excluding diaryl/α,β-unsaturated/α-hetero) is 2. The van der Waals surface area contributed by atoms with Gasteiger partial charge in [-0.05, 0) is 6.92 Å². The number of ketones is 2. The van der Waals surface area contributed by atoms with Crippen LogP contribution in [0.2, 0.25) is 0 Å². The fourth-order valence-electron chi connectivity index (χ4n) is 2.69. The minimum Gasteiger partial charge on any atom is -0.293 e. The molecule has 25 heavy (non-hydrogen) atoms. The maximum absolute atomic E-state index is 12.4. The van der Waals surface area contributed by atoms with Gasteiger partial charge in [0.05, 0.1) is 16.8 Å². The molecule has 0 aromatic heterocycles. The van der Waals surface area contributed by atoms with E-state index in [1.165, 1.54) is 24.4 Å². The van der Waals surface area contributed by atoms with E-state index in [1.807, 2.05) is 0 Å². The van der Waals surface area contributed by atoms with Gasteiger partial charge < -0.3 is 0 Å². The summed E-state index contributed by atoms with van der Waals surface area (Å²) in [6.45, 7) is 1.57. The molecule has 0 amide bonds. The maximum atomic E-state index is 12.4. The molecule has 7 nitrogen and oxygen atoms in total. The molecule has 3 rings (SSSR count). The summed E-state index contributed by atoms with van der Waals surface area (Å²) in [7, 11) is 0. The van der Waals surface area contributed by atoms with Crippen LogP contribution >= 0.6 is 0 Å². The van der Waals surface area contributed by atoms with Crippen molar-refractivity contribution in [1.82, 2.24) is 0 Å². The van der Waals surface area contributed by atoms with E-state index in [1.54, 1.807) is 37.3 Å². The molecule has 0 saturated carbocycles. The number of non-ortho nitro benzene ring substituents is 1. The Balaban J connectivity index is 1.81. The van der Waals surface area contributed by atoms with Crippen LogP contribution < -0.4 is 0 Å². The lowest BCUT2D eigenvalue weighted by Gasteiger charge is -2.03. The molecule has 7 heteroatoms. The van der Waals surface area contributed by atoms with E-state index in [2.05, 4.69) is 10.2 Å². The van der Waals surface area contributed by atoms with E-state index in [-0.39, 0.29) is 23.0 Å². The third-order valence-electron chi connectivity index (χ3n) is 3.90. The number of carbonyl (C=O) groups excluding carboxylic acids is 2. The Bertz CT molecular complexity index is 912. The van der Waals surface area contributed by atoms with Crippen molar-refractivity contribution < 1.29 is 14.5 Å². The third kappa shape index (κ3) is 3.12. The Kier molecular flexibility index (Phi) is 4.30. The summed E-state index contributed by atoms with van der Waals surface area (Å²) in [5.74, 6) is -1.53. The monoisotopic (exact) mass is 335 g/mol. The summed E-state index contributed by atoms with van der Waals surface area (Å²) < 4.78 is 0. The lowest BCUT2D eigenvalue weighted by atomic mass is 9.99. The Labute approximate surface area is 142 Å². The highest BCUT2D eigenvalue weighted by Crippen LogP contribution is 2.27. The predicted octanol–water partition coefficient (Wildman–Crippen LogP) is 3.09. The lowest BCUT2D eigenvalue weighted by Crippen LogP contribution is -2.23. The van der Waals surface area contributed by atoms with Gasteiger partial charge in [-0.1, -0.05) is 36.4 Å². The van der Waals surface area contributed by atoms with Crippen molar-refractivity contribution >= 4 is 29.2 Å². The molecular formula is C18H13N3O4. The van der Waals surface area contributed by atoms with E-state index in [0.717, 1.165) is 0 Å². The topological polar surface area (TPSA) is 102 Å². The molecule has 0 atom stereocenters. The standard InChI is InChI=1S/C18H13N3O4/c1-11(16-17(22)14-7-2-3-8-15(14)18(16)23)20-19-10-12-5-4-6-13(9-12)21(24)25/h2-10,16H,1H3. The van der Waals surface area contributed by atoms with Gasteiger partial charge in [0.2, 0.25) is 0 Å². The van der Waals surface area contributed by atoms with Gasteiger partial charge in [0.1, 0.15) is 5.92 Å². The van der Waals surface area contributed by atoms with Crippen molar-refractivity contribution in [3.05, 3.63) is 75.3 Å². The van der Waals surface area contributed by atoms with Crippen molar-refractivity contribution in [2.45, 2.75) is 6.92 Å². The SMILES string of the molecule is CC(=NN=Cc1cccc([N+](=O)[O-])c1)C1C(=O)c2ccccc2C1=O. The van der Waals surface area contributed by atoms with Gasteiger partial charge >= 0.3 is 0 Å². The van der Waals surface area contributed by atoms with E-state index in [0.29, 0.717) is 16.7 Å². The van der Waals surface area contributed by atoms with E-state index in [9.17, 15) is 19.7 Å². The fourth-order valence-corrected chi connectivity index (χ4v) is 2.69. The van der Waals surface area contributed by atoms with Crippen LogP contribution in [-0.4, -0.2) is 28.4 Å². The zero-order valence-electron chi connectivity index (χ0n) is 13.2. The molecule has 2 aromatic rings. The van der Waals surface area contributed by atoms with Gasteiger partial charge in [0.25, 0.3) is 5.69 Å². The third-order valence-corrected chi connectivity index (χ3v) is 3.90. The summed E-state index contributed by atoms with van der Waals surface area (Å²) in [6.07, 6.45) is 1.34. The smallest absolute Gasteiger partial charge is 0.270 e. The number of benzene rings is 2. The van der Waals surface area contributed by atoms with Crippen LogP contribution in [0.1, 0.15) is 33.2 Å². The van der Waals surface area contributed by atoms with Gasteiger partial charge in [-0.2, -0.15) is 10.2 Å². The highest BCUT2D eigenvalue weighted by Gasteiger charge is 2.40. The predicted molar refractivity (Wildman–Crippen MR) is 92.4 cm³/mol. The molecule has 0 aliphatic heterocycles. The van der Waals surface area contributed by atoms with Gasteiger partial charge in [-0.3, -0.25) is 19.7 Å². The zero-order valence-corrected chi connectivity index (χ0v) is 13.2. The van der Waals surface area contributed by atoms with Crippen LogP contribution in [-0.2, 0) is 0 Å². The molecule has 2 aromatic carbocycles. The first-order chi connectivity index (χ1) is 12.0. The van der Waals surface area contributed by atoms with Crippen LogP contribution in [0.3, 0.4) is 0 Å². The van der Waals surface area contributed by atoms with Crippen molar-refractivity contribution in [3.8, 4) is 0 Å². The first kappa shape index (κ1) is 16.4. The van der Waals surface area contributed by atoms with Crippen LogP contribution in [0.4, 0.5) is 5.69 Å². The van der Waals surface area contributed by atoms with Crippen molar-refractivity contribution in [3.63, 3.8) is 0 Å². The van der Waals surface area contributed by atoms with E-state index in [4.69, 9.17) is 0 Å². The van der Waals surface area contributed by atoms with Crippen molar-refractivity contribution in [1.29, 1.82) is 0 Å². The summed E-state index contributed by atoms with van der Waals surface area (Å²) in [5, 5.41) is 18.5. The molecule has 0 heterocycles. The lowest BCUT2D eigenvalue weighted by molar-refractivity contribution is -0.384. The average Bonchev–Trinajstić information content (AvgIpc) is 2.86. The number of nitrogens with zero attached hydrogens (tertiary/aromatic N) is 3. The van der Waals surface area contributed by atoms with Gasteiger partial charge in [0.15, 0.2) is 11.6 Å². The van der Waals surface area contributed by atoms with Crippen molar-refractivity contribution in [2.24, 2.45) is 16.1 Å². The second kappa shape index (κ2) is 6.56. The Morgan fingerprint density at radius 1 is 1.08 bits per heavy atom. The molecule has 0 saturated heterocycles. The second-order valence-electron chi connectivity index (χ2n) is 5.55. The largest absolute Gasteiger partial charge is 0.293 e. The maximum Gasteiger partial charge on any atom is 0.270 e. The molecule has 1 aliphatic carbocycles. The molecule has 0 bridgehead atoms. The molecular weight excluding hydrogens is 322 g/mol. The number of nitro groups is 1. The Morgan fingerprint density at radius 2 is 1.72 bits per heavy atom. The number of rotatable bonds is 4. The van der Waals surface area contributed by atoms with Crippen LogP contribution in [0.5, 0.6) is 0 Å². The molecule has 0 spiro atoms. The summed E-state index contributed by atoms with van der Waals surface area (Å²) in [5.41, 5.74) is 1.52. The van der Waals surface area contributed by atoms with Gasteiger partial charge in [-0.15, -0.1) is 0 Å². The number of hydrogen-bond acceptors (Lipinski definition) is 6. The molecule has 0 N–H and O–H groups in total. The highest BCUT2D eigenvalue weighted by molar-refractivity contribution is 6.36. The van der Waals surface area contributed by atoms with Gasteiger partial charge in [0, 0.05) is 28.8 Å². The molecule has 0 radical (unpaired) electrons. The van der Waals surface area contributed by atoms with Crippen LogP contribution in [0.25, 0.3) is 0 Å². The van der Waals surface area contributed by atoms with Crippen LogP contribution in [0.15, 0.2) is 58.7 Å². The quantitative estimate of drug-likeness (QED) is 0.371. The fraction of sp³-hybridized carbons (Fsp3) is 0.111. The molecule has 1 aliphatic rings. The molecule has 0 fully saturated rings. The highest BCUT2D eigenvalue weighted by atomic mass is 16.6. The summed E-state index contributed by atoms with van der Waals surface area (Å²) >= 11 is 0. The van der Waals surface area contributed by atoms with E-state index >= 15 is 0 Å². The second-order valence-corrected chi connectivity index (χ2v) is 5.55. The summed E-state index contributed by atoms with van der Waals surface area (Å²) in [4.78, 5) is 35.0. The Hall–Kier alpha value is -3.48. The van der Waals surface area contributed by atoms with Crippen LogP contribution in [0, 0.1) is 16.0 Å². The number of fused-ring (bicyclic) bond motifs is 1. The summed E-state index contributed by atoms with van der Waals surface area (Å²) in [6, 6.07) is 12.6. The number of nitro benzene ring substituents is 1. The van der Waals surface area contributed by atoms with Crippen molar-refractivity contribution in [2.75, 3.05) is 0 Å². The molecule has 124 valence electrons. The normalized spacial score (nSPS) is 15.0.